The molecule has 9 heteroatoms. The molecule has 1 aliphatic carbocycles. The summed E-state index contributed by atoms with van der Waals surface area (Å²) in [4.78, 5) is 34.6. The Kier molecular flexibility index (Phi) is 5.31. The highest BCUT2D eigenvalue weighted by Gasteiger charge is 2.67. The average Bonchev–Trinajstić information content (AvgIpc) is 2.88. The number of carbonyl (C=O) groups is 2. The number of hydrogen-bond donors (Lipinski definition) is 0. The molecular weight excluding hydrogens is 414 g/mol. The first-order chi connectivity index (χ1) is 14.6. The van der Waals surface area contributed by atoms with E-state index in [2.05, 4.69) is 9.97 Å². The number of aryl methyl sites for hydroxylation is 1. The molecule has 2 aliphatic rings. The van der Waals surface area contributed by atoms with Gasteiger partial charge in [0.05, 0.1) is 6.54 Å². The van der Waals surface area contributed by atoms with E-state index in [1.165, 1.54) is 12.3 Å². The number of alkyl halides is 2. The third kappa shape index (κ3) is 3.81. The second kappa shape index (κ2) is 7.69. The van der Waals surface area contributed by atoms with Crippen LogP contribution < -0.4 is 4.90 Å². The summed E-state index contributed by atoms with van der Waals surface area (Å²) >= 11 is 0. The van der Waals surface area contributed by atoms with Gasteiger partial charge in [0.25, 0.3) is 5.92 Å². The molecule has 1 saturated carbocycles. The van der Waals surface area contributed by atoms with Crippen LogP contribution >= 0.6 is 0 Å². The van der Waals surface area contributed by atoms with Crippen molar-refractivity contribution in [2.45, 2.75) is 45.0 Å². The Morgan fingerprint density at radius 1 is 1.23 bits per heavy atom. The SMILES string of the molecule is Cc1nccc(C(=O)CC2CCCC3(C2)C(=O)N(c2cc(F)cc(F)c2)CC3(F)F)n1. The van der Waals surface area contributed by atoms with Crippen LogP contribution in [0.15, 0.2) is 30.5 Å². The average molecular weight is 435 g/mol. The van der Waals surface area contributed by atoms with E-state index in [1.807, 2.05) is 0 Å². The first kappa shape index (κ1) is 21.4. The fraction of sp³-hybridized carbons (Fsp3) is 0.455. The zero-order valence-electron chi connectivity index (χ0n) is 16.9. The second-order valence-electron chi connectivity index (χ2n) is 8.38. The van der Waals surface area contributed by atoms with Crippen molar-refractivity contribution in [1.29, 1.82) is 0 Å². The first-order valence-corrected chi connectivity index (χ1v) is 10.1. The van der Waals surface area contributed by atoms with Crippen LogP contribution in [-0.2, 0) is 4.79 Å². The molecule has 0 radical (unpaired) electrons. The number of benzene rings is 1. The first-order valence-electron chi connectivity index (χ1n) is 10.1. The van der Waals surface area contributed by atoms with Crippen LogP contribution in [-0.4, -0.2) is 34.1 Å². The molecule has 31 heavy (non-hydrogen) atoms. The van der Waals surface area contributed by atoms with Gasteiger partial charge in [-0.25, -0.2) is 27.5 Å². The molecule has 1 aliphatic heterocycles. The van der Waals surface area contributed by atoms with Crippen LogP contribution in [0.2, 0.25) is 0 Å². The highest BCUT2D eigenvalue weighted by atomic mass is 19.3. The van der Waals surface area contributed by atoms with Crippen LogP contribution in [0.1, 0.15) is 48.4 Å². The van der Waals surface area contributed by atoms with Gasteiger partial charge in [-0.15, -0.1) is 0 Å². The fourth-order valence-electron chi connectivity index (χ4n) is 4.81. The van der Waals surface area contributed by atoms with Crippen molar-refractivity contribution in [1.82, 2.24) is 9.97 Å². The number of rotatable bonds is 4. The number of amides is 1. The third-order valence-corrected chi connectivity index (χ3v) is 6.26. The van der Waals surface area contributed by atoms with E-state index in [0.717, 1.165) is 17.0 Å². The van der Waals surface area contributed by atoms with Gasteiger partial charge in [-0.1, -0.05) is 6.42 Å². The van der Waals surface area contributed by atoms with Crippen molar-refractivity contribution < 1.29 is 27.2 Å². The summed E-state index contributed by atoms with van der Waals surface area (Å²) in [5, 5.41) is 0. The van der Waals surface area contributed by atoms with E-state index < -0.39 is 41.3 Å². The Balaban J connectivity index is 1.58. The number of anilines is 1. The van der Waals surface area contributed by atoms with Crippen molar-refractivity contribution in [3.05, 3.63) is 53.6 Å². The molecule has 0 bridgehead atoms. The maximum Gasteiger partial charge on any atom is 0.279 e. The highest BCUT2D eigenvalue weighted by molar-refractivity contribution is 6.01. The monoisotopic (exact) mass is 435 g/mol. The van der Waals surface area contributed by atoms with E-state index in [4.69, 9.17) is 0 Å². The molecule has 2 heterocycles. The summed E-state index contributed by atoms with van der Waals surface area (Å²) in [5.41, 5.74) is -2.00. The van der Waals surface area contributed by atoms with Crippen LogP contribution in [0.4, 0.5) is 23.2 Å². The summed E-state index contributed by atoms with van der Waals surface area (Å²) in [6.07, 6.45) is 2.15. The van der Waals surface area contributed by atoms with Gasteiger partial charge < -0.3 is 4.90 Å². The summed E-state index contributed by atoms with van der Waals surface area (Å²) in [6.45, 7) is 0.703. The van der Waals surface area contributed by atoms with Crippen molar-refractivity contribution in [2.75, 3.05) is 11.4 Å². The van der Waals surface area contributed by atoms with E-state index in [-0.39, 0.29) is 36.4 Å². The van der Waals surface area contributed by atoms with Crippen LogP contribution in [0, 0.1) is 29.9 Å². The Labute approximate surface area is 176 Å². The predicted octanol–water partition coefficient (Wildman–Crippen LogP) is 4.49. The topological polar surface area (TPSA) is 63.2 Å². The number of halogens is 4. The molecule has 2 fully saturated rings. The summed E-state index contributed by atoms with van der Waals surface area (Å²) < 4.78 is 57.6. The fourth-order valence-corrected chi connectivity index (χ4v) is 4.81. The number of Topliss-reactive ketones (excluding diaryl/α,β-unsaturated/α-hetero) is 1. The molecular formula is C22H21F4N3O2. The Morgan fingerprint density at radius 2 is 1.94 bits per heavy atom. The van der Waals surface area contributed by atoms with Gasteiger partial charge in [0.2, 0.25) is 5.91 Å². The lowest BCUT2D eigenvalue weighted by molar-refractivity contribution is -0.151. The lowest BCUT2D eigenvalue weighted by atomic mass is 9.65. The van der Waals surface area contributed by atoms with E-state index in [9.17, 15) is 18.4 Å². The number of hydrogen-bond acceptors (Lipinski definition) is 4. The van der Waals surface area contributed by atoms with Crippen molar-refractivity contribution >= 4 is 17.4 Å². The molecule has 4 rings (SSSR count). The number of carbonyl (C=O) groups excluding carboxylic acids is 2. The normalized spacial score (nSPS) is 25.3. The van der Waals surface area contributed by atoms with Gasteiger partial charge in [0.15, 0.2) is 5.78 Å². The van der Waals surface area contributed by atoms with E-state index >= 15 is 8.78 Å². The molecule has 2 atom stereocenters. The van der Waals surface area contributed by atoms with Crippen LogP contribution in [0.5, 0.6) is 0 Å². The van der Waals surface area contributed by atoms with Crippen molar-refractivity contribution in [3.63, 3.8) is 0 Å². The lowest BCUT2D eigenvalue weighted by Gasteiger charge is -2.39. The molecule has 1 spiro atoms. The minimum absolute atomic E-state index is 0.00381. The molecule has 164 valence electrons. The number of aromatic nitrogens is 2. The molecule has 0 N–H and O–H groups in total. The number of ketones is 1. The van der Waals surface area contributed by atoms with Gasteiger partial charge in [-0.3, -0.25) is 9.59 Å². The summed E-state index contributed by atoms with van der Waals surface area (Å²) in [5.74, 6) is -6.40. The molecule has 1 saturated heterocycles. The standard InChI is InChI=1S/C22H21F4N3O2/c1-13-27-6-4-18(28-13)19(30)7-14-3-2-5-21(11-14)20(31)29(12-22(21,25)26)17-9-15(23)8-16(24)10-17/h4,6,8-10,14H,2-3,5,7,11-12H2,1H3. The van der Waals surface area contributed by atoms with Gasteiger partial charge in [0.1, 0.15) is 28.6 Å². The highest BCUT2D eigenvalue weighted by Crippen LogP contribution is 2.56. The molecule has 1 amide bonds. The van der Waals surface area contributed by atoms with Gasteiger partial charge in [0, 0.05) is 24.4 Å². The quantitative estimate of drug-likeness (QED) is 0.524. The largest absolute Gasteiger partial charge is 0.305 e. The Hall–Kier alpha value is -2.84. The molecule has 2 unspecified atom stereocenters. The smallest absolute Gasteiger partial charge is 0.279 e. The maximum absolute atomic E-state index is 15.2. The van der Waals surface area contributed by atoms with Crippen LogP contribution in [0.3, 0.4) is 0 Å². The van der Waals surface area contributed by atoms with Gasteiger partial charge in [-0.05, 0) is 50.3 Å². The Bertz CT molecular complexity index is 1020. The van der Waals surface area contributed by atoms with E-state index in [0.29, 0.717) is 24.7 Å². The minimum Gasteiger partial charge on any atom is -0.305 e. The second-order valence-corrected chi connectivity index (χ2v) is 8.38. The molecule has 5 nitrogen and oxygen atoms in total. The van der Waals surface area contributed by atoms with E-state index in [1.54, 1.807) is 6.92 Å². The summed E-state index contributed by atoms with van der Waals surface area (Å²) in [7, 11) is 0. The zero-order chi connectivity index (χ0) is 22.4. The third-order valence-electron chi connectivity index (χ3n) is 6.26. The van der Waals surface area contributed by atoms with Crippen LogP contribution in [0.25, 0.3) is 0 Å². The molecule has 1 aromatic carbocycles. The maximum atomic E-state index is 15.2. The van der Waals surface area contributed by atoms with Gasteiger partial charge in [-0.2, -0.15) is 0 Å². The molecule has 2 aromatic rings. The predicted molar refractivity (Wildman–Crippen MR) is 104 cm³/mol. The summed E-state index contributed by atoms with van der Waals surface area (Å²) in [6, 6.07) is 3.84. The minimum atomic E-state index is -3.39. The van der Waals surface area contributed by atoms with Crippen molar-refractivity contribution in [2.24, 2.45) is 11.3 Å². The van der Waals surface area contributed by atoms with Crippen molar-refractivity contribution in [3.8, 4) is 0 Å². The zero-order valence-corrected chi connectivity index (χ0v) is 16.9. The van der Waals surface area contributed by atoms with Gasteiger partial charge >= 0.3 is 0 Å². The Morgan fingerprint density at radius 3 is 2.61 bits per heavy atom. The lowest BCUT2D eigenvalue weighted by Crippen LogP contribution is -2.46. The number of nitrogens with zero attached hydrogens (tertiary/aromatic N) is 3. The molecule has 1 aromatic heterocycles.